The summed E-state index contributed by atoms with van der Waals surface area (Å²) in [4.78, 5) is 10.8. The molecule has 0 fully saturated rings. The molecule has 0 radical (unpaired) electrons. The summed E-state index contributed by atoms with van der Waals surface area (Å²) in [6.07, 6.45) is 0.747. The molecule has 0 aromatic heterocycles. The predicted molar refractivity (Wildman–Crippen MR) is 77.3 cm³/mol. The van der Waals surface area contributed by atoms with Crippen molar-refractivity contribution in [2.75, 3.05) is 0 Å². The molecule has 0 N–H and O–H groups in total. The maximum absolute atomic E-state index is 10.8. The van der Waals surface area contributed by atoms with Gasteiger partial charge >= 0.3 is 0 Å². The topological polar surface area (TPSA) is 17.1 Å². The summed E-state index contributed by atoms with van der Waals surface area (Å²) >= 11 is 24.2. The Morgan fingerprint density at radius 2 is 1.50 bits per heavy atom. The Kier molecular flexibility index (Phi) is 4.18. The lowest BCUT2D eigenvalue weighted by Gasteiger charge is -2.10. The van der Waals surface area contributed by atoms with E-state index in [1.807, 2.05) is 0 Å². The molecule has 1 nitrogen and oxygen atoms in total. The van der Waals surface area contributed by atoms with E-state index in [0.29, 0.717) is 36.8 Å². The highest BCUT2D eigenvalue weighted by Gasteiger charge is 2.15. The second-order valence-corrected chi connectivity index (χ2v) is 5.16. The van der Waals surface area contributed by atoms with Gasteiger partial charge in [-0.25, -0.2) is 0 Å². The van der Waals surface area contributed by atoms with Crippen LogP contribution in [-0.2, 0) is 0 Å². The van der Waals surface area contributed by atoms with Gasteiger partial charge in [-0.15, -0.1) is 0 Å². The van der Waals surface area contributed by atoms with Gasteiger partial charge in [-0.2, -0.15) is 0 Å². The van der Waals surface area contributed by atoms with Crippen molar-refractivity contribution in [3.05, 3.63) is 56.0 Å². The molecular formula is C13H6Cl4O. The van der Waals surface area contributed by atoms with Crippen LogP contribution in [0.1, 0.15) is 10.4 Å². The molecule has 0 saturated carbocycles. The van der Waals surface area contributed by atoms with Crippen LogP contribution in [0, 0.1) is 0 Å². The van der Waals surface area contributed by atoms with Crippen LogP contribution in [0.3, 0.4) is 0 Å². The average molecular weight is 320 g/mol. The molecule has 0 spiro atoms. The summed E-state index contributed by atoms with van der Waals surface area (Å²) in [6.45, 7) is 0. The molecular weight excluding hydrogens is 314 g/mol. The zero-order valence-electron chi connectivity index (χ0n) is 8.88. The monoisotopic (exact) mass is 318 g/mol. The summed E-state index contributed by atoms with van der Waals surface area (Å²) in [6, 6.07) is 8.37. The fraction of sp³-hybridized carbons (Fsp3) is 0. The molecule has 0 aliphatic carbocycles. The molecule has 0 heterocycles. The molecule has 0 aliphatic rings. The number of aldehydes is 1. The van der Waals surface area contributed by atoms with Crippen molar-refractivity contribution in [2.24, 2.45) is 0 Å². The lowest BCUT2D eigenvalue weighted by atomic mass is 10.0. The van der Waals surface area contributed by atoms with E-state index in [0.717, 1.165) is 6.29 Å². The Morgan fingerprint density at radius 3 is 2.06 bits per heavy atom. The molecule has 0 saturated heterocycles. The van der Waals surface area contributed by atoms with Crippen LogP contribution in [0.15, 0.2) is 30.3 Å². The molecule has 2 aromatic rings. The Bertz CT molecular complexity index is 596. The van der Waals surface area contributed by atoms with Gasteiger partial charge in [-0.3, -0.25) is 4.79 Å². The van der Waals surface area contributed by atoms with Crippen LogP contribution in [0.5, 0.6) is 0 Å². The van der Waals surface area contributed by atoms with Gasteiger partial charge in [0.15, 0.2) is 0 Å². The van der Waals surface area contributed by atoms with Crippen molar-refractivity contribution in [3.63, 3.8) is 0 Å². The first-order chi connectivity index (χ1) is 8.54. The Morgan fingerprint density at radius 1 is 0.889 bits per heavy atom. The van der Waals surface area contributed by atoms with Gasteiger partial charge in [0.2, 0.25) is 0 Å². The van der Waals surface area contributed by atoms with Crippen molar-refractivity contribution in [1.29, 1.82) is 0 Å². The maximum atomic E-state index is 10.8. The van der Waals surface area contributed by atoms with Crippen molar-refractivity contribution in [3.8, 4) is 11.1 Å². The first-order valence-corrected chi connectivity index (χ1v) is 6.44. The lowest BCUT2D eigenvalue weighted by molar-refractivity contribution is 0.112. The second-order valence-electron chi connectivity index (χ2n) is 3.59. The highest BCUT2D eigenvalue weighted by Crippen LogP contribution is 2.43. The Balaban J connectivity index is 2.73. The number of hydrogen-bond acceptors (Lipinski definition) is 1. The Labute approximate surface area is 124 Å². The molecule has 18 heavy (non-hydrogen) atoms. The number of carbonyl (C=O) groups is 1. The number of carbonyl (C=O) groups excluding carboxylic acids is 1. The van der Waals surface area contributed by atoms with Crippen molar-refractivity contribution in [1.82, 2.24) is 0 Å². The van der Waals surface area contributed by atoms with E-state index < -0.39 is 0 Å². The molecule has 0 amide bonds. The summed E-state index contributed by atoms with van der Waals surface area (Å²) in [5.41, 5.74) is 1.74. The van der Waals surface area contributed by atoms with Gasteiger partial charge in [-0.1, -0.05) is 64.6 Å². The van der Waals surface area contributed by atoms with Crippen LogP contribution in [0.2, 0.25) is 20.1 Å². The van der Waals surface area contributed by atoms with Gasteiger partial charge < -0.3 is 0 Å². The summed E-state index contributed by atoms with van der Waals surface area (Å²) in [5.74, 6) is 0. The largest absolute Gasteiger partial charge is 0.298 e. The first-order valence-electron chi connectivity index (χ1n) is 4.93. The van der Waals surface area contributed by atoms with Gasteiger partial charge in [0.1, 0.15) is 6.29 Å². The van der Waals surface area contributed by atoms with Gasteiger partial charge in [0, 0.05) is 11.1 Å². The van der Waals surface area contributed by atoms with E-state index in [9.17, 15) is 4.79 Å². The highest BCUT2D eigenvalue weighted by atomic mass is 35.5. The van der Waals surface area contributed by atoms with Crippen LogP contribution in [0.4, 0.5) is 0 Å². The maximum Gasteiger partial charge on any atom is 0.150 e. The summed E-state index contributed by atoms with van der Waals surface area (Å²) < 4.78 is 0. The number of hydrogen-bond donors (Lipinski definition) is 0. The van der Waals surface area contributed by atoms with Gasteiger partial charge in [0.05, 0.1) is 20.1 Å². The van der Waals surface area contributed by atoms with Gasteiger partial charge in [0.25, 0.3) is 0 Å². The predicted octanol–water partition coefficient (Wildman–Crippen LogP) is 5.78. The number of halogens is 4. The van der Waals surface area contributed by atoms with Gasteiger partial charge in [-0.05, 0) is 17.7 Å². The minimum Gasteiger partial charge on any atom is -0.298 e. The third kappa shape index (κ3) is 2.50. The van der Waals surface area contributed by atoms with Crippen molar-refractivity contribution >= 4 is 52.7 Å². The summed E-state index contributed by atoms with van der Waals surface area (Å²) in [5, 5.41) is 1.26. The smallest absolute Gasteiger partial charge is 0.150 e. The lowest BCUT2D eigenvalue weighted by Crippen LogP contribution is -1.87. The van der Waals surface area contributed by atoms with Crippen LogP contribution in [0.25, 0.3) is 11.1 Å². The molecule has 2 aromatic carbocycles. The third-order valence-electron chi connectivity index (χ3n) is 2.42. The highest BCUT2D eigenvalue weighted by molar-refractivity contribution is 6.50. The van der Waals surface area contributed by atoms with Crippen LogP contribution in [-0.4, -0.2) is 6.29 Å². The van der Waals surface area contributed by atoms with E-state index in [4.69, 9.17) is 46.4 Å². The SMILES string of the molecule is O=Cc1cccc(-c2c(Cl)c(Cl)cc(Cl)c2Cl)c1. The van der Waals surface area contributed by atoms with Crippen LogP contribution < -0.4 is 0 Å². The third-order valence-corrected chi connectivity index (χ3v) is 4.00. The fourth-order valence-corrected chi connectivity index (χ4v) is 2.62. The quantitative estimate of drug-likeness (QED) is 0.506. The second kappa shape index (κ2) is 5.50. The average Bonchev–Trinajstić information content (AvgIpc) is 2.37. The zero-order chi connectivity index (χ0) is 13.3. The molecule has 92 valence electrons. The van der Waals surface area contributed by atoms with Crippen molar-refractivity contribution < 1.29 is 4.79 Å². The standard InChI is InChI=1S/C13H6Cl4O/c14-9-5-10(15)13(17)11(12(9)16)8-3-1-2-7(4-8)6-18/h1-6H. The molecule has 5 heteroatoms. The minimum absolute atomic E-state index is 0.314. The van der Waals surface area contributed by atoms with E-state index in [-0.39, 0.29) is 0 Å². The van der Waals surface area contributed by atoms with E-state index >= 15 is 0 Å². The molecule has 0 bridgehead atoms. The first kappa shape index (κ1) is 13.7. The Hall–Kier alpha value is -0.730. The normalized spacial score (nSPS) is 10.4. The minimum atomic E-state index is 0.314. The molecule has 0 unspecified atom stereocenters. The molecule has 0 atom stereocenters. The van der Waals surface area contributed by atoms with E-state index in [1.165, 1.54) is 6.07 Å². The molecule has 0 aliphatic heterocycles. The summed E-state index contributed by atoms with van der Waals surface area (Å²) in [7, 11) is 0. The number of benzene rings is 2. The number of rotatable bonds is 2. The zero-order valence-corrected chi connectivity index (χ0v) is 11.9. The fourth-order valence-electron chi connectivity index (χ4n) is 1.59. The van der Waals surface area contributed by atoms with E-state index in [2.05, 4.69) is 0 Å². The van der Waals surface area contributed by atoms with Crippen molar-refractivity contribution in [2.45, 2.75) is 0 Å². The van der Waals surface area contributed by atoms with E-state index in [1.54, 1.807) is 24.3 Å². The van der Waals surface area contributed by atoms with Crippen LogP contribution >= 0.6 is 46.4 Å². The molecule has 2 rings (SSSR count).